The number of nitrogens with zero attached hydrogens (tertiary/aromatic N) is 1. The summed E-state index contributed by atoms with van der Waals surface area (Å²) in [6, 6.07) is 2.30. The first kappa shape index (κ1) is 17.0. The van der Waals surface area contributed by atoms with Crippen molar-refractivity contribution in [2.75, 3.05) is 13.7 Å². The molecule has 0 unspecified atom stereocenters. The monoisotopic (exact) mass is 308 g/mol. The van der Waals surface area contributed by atoms with Crippen LogP contribution in [0.1, 0.15) is 51.5 Å². The Morgan fingerprint density at radius 2 is 2.32 bits per heavy atom. The highest BCUT2D eigenvalue weighted by Crippen LogP contribution is 2.47. The number of carbonyl (C=O) groups is 1. The van der Waals surface area contributed by atoms with Gasteiger partial charge < -0.3 is 14.6 Å². The van der Waals surface area contributed by atoms with Crippen molar-refractivity contribution in [1.29, 1.82) is 0 Å². The van der Waals surface area contributed by atoms with E-state index in [1.165, 1.54) is 7.11 Å². The minimum atomic E-state index is -0.0395. The van der Waals surface area contributed by atoms with Gasteiger partial charge in [0, 0.05) is 25.6 Å². The average Bonchev–Trinajstić information content (AvgIpc) is 2.92. The second-order valence-electron chi connectivity index (χ2n) is 6.90. The first-order chi connectivity index (χ1) is 10.5. The number of carbonyl (C=O) groups excluding carboxylic acids is 1. The molecule has 0 aliphatic heterocycles. The second-order valence-corrected chi connectivity index (χ2v) is 6.90. The lowest BCUT2D eigenvalue weighted by atomic mass is 9.57. The molecule has 0 aromatic carbocycles. The first-order valence-electron chi connectivity index (χ1n) is 8.20. The fraction of sp³-hybridized carbons (Fsp3) is 0.765. The number of rotatable bonds is 8. The summed E-state index contributed by atoms with van der Waals surface area (Å²) in [4.78, 5) is 11.6. The van der Waals surface area contributed by atoms with Crippen molar-refractivity contribution in [3.8, 4) is 0 Å². The summed E-state index contributed by atoms with van der Waals surface area (Å²) < 4.78 is 10.3. The molecule has 0 spiro atoms. The minimum Gasteiger partial charge on any atom is -0.375 e. The number of nitrogens with one attached hydrogen (secondary N) is 1. The summed E-state index contributed by atoms with van der Waals surface area (Å²) in [6.45, 7) is 6.71. The highest BCUT2D eigenvalue weighted by Gasteiger charge is 2.48. The molecule has 1 aliphatic rings. The Morgan fingerprint density at radius 3 is 2.95 bits per heavy atom. The third-order valence-electron chi connectivity index (χ3n) is 4.92. The zero-order valence-corrected chi connectivity index (χ0v) is 14.1. The molecule has 0 radical (unpaired) electrons. The predicted octanol–water partition coefficient (Wildman–Crippen LogP) is 2.74. The molecule has 0 bridgehead atoms. The van der Waals surface area contributed by atoms with Gasteiger partial charge in [-0.2, -0.15) is 0 Å². The number of unbranched alkanes of at least 4 members (excludes halogenated alkanes) is 1. The van der Waals surface area contributed by atoms with Crippen LogP contribution in [0.4, 0.5) is 0 Å². The summed E-state index contributed by atoms with van der Waals surface area (Å²) in [7, 11) is 1.54. The molecule has 1 fully saturated rings. The molecule has 2 atom stereocenters. The number of methoxy groups -OCH3 is 1. The Labute approximate surface area is 132 Å². The van der Waals surface area contributed by atoms with Gasteiger partial charge in [-0.3, -0.25) is 4.79 Å². The molecule has 1 aliphatic carbocycles. The molecule has 1 heterocycles. The van der Waals surface area contributed by atoms with Crippen molar-refractivity contribution in [3.05, 3.63) is 17.5 Å². The Bertz CT molecular complexity index is 496. The first-order valence-corrected chi connectivity index (χ1v) is 8.20. The molecule has 124 valence electrons. The van der Waals surface area contributed by atoms with E-state index in [1.807, 2.05) is 0 Å². The van der Waals surface area contributed by atoms with Gasteiger partial charge in [-0.05, 0) is 30.6 Å². The third kappa shape index (κ3) is 3.88. The van der Waals surface area contributed by atoms with Crippen LogP contribution in [-0.2, 0) is 22.4 Å². The van der Waals surface area contributed by atoms with Crippen molar-refractivity contribution in [2.24, 2.45) is 11.3 Å². The molecule has 1 saturated carbocycles. The smallest absolute Gasteiger partial charge is 0.246 e. The van der Waals surface area contributed by atoms with E-state index in [4.69, 9.17) is 9.26 Å². The molecule has 2 rings (SSSR count). The Kier molecular flexibility index (Phi) is 5.62. The van der Waals surface area contributed by atoms with Crippen LogP contribution in [0.3, 0.4) is 0 Å². The van der Waals surface area contributed by atoms with Crippen LogP contribution in [0.25, 0.3) is 0 Å². The van der Waals surface area contributed by atoms with Crippen LogP contribution < -0.4 is 5.32 Å². The molecule has 1 amide bonds. The molecule has 0 saturated heterocycles. The van der Waals surface area contributed by atoms with Gasteiger partial charge in [-0.15, -0.1) is 0 Å². The second kappa shape index (κ2) is 7.27. The number of aromatic nitrogens is 1. The normalized spacial score (nSPS) is 23.1. The summed E-state index contributed by atoms with van der Waals surface area (Å²) >= 11 is 0. The van der Waals surface area contributed by atoms with E-state index in [1.54, 1.807) is 0 Å². The topological polar surface area (TPSA) is 64.4 Å². The van der Waals surface area contributed by atoms with Crippen LogP contribution in [0.2, 0.25) is 0 Å². The number of ether oxygens (including phenoxy) is 1. The highest BCUT2D eigenvalue weighted by molar-refractivity contribution is 5.77. The van der Waals surface area contributed by atoms with Crippen LogP contribution in [-0.4, -0.2) is 30.8 Å². The van der Waals surface area contributed by atoms with Crippen LogP contribution in [0.5, 0.6) is 0 Å². The lowest BCUT2D eigenvalue weighted by Crippen LogP contribution is -2.59. The summed E-state index contributed by atoms with van der Waals surface area (Å²) in [5.74, 6) is 1.46. The summed E-state index contributed by atoms with van der Waals surface area (Å²) in [5, 5.41) is 7.24. The highest BCUT2D eigenvalue weighted by atomic mass is 16.5. The quantitative estimate of drug-likeness (QED) is 0.802. The molecule has 5 heteroatoms. The van der Waals surface area contributed by atoms with E-state index in [0.29, 0.717) is 5.92 Å². The van der Waals surface area contributed by atoms with Crippen molar-refractivity contribution in [3.63, 3.8) is 0 Å². The number of hydrogen-bond acceptors (Lipinski definition) is 4. The Morgan fingerprint density at radius 1 is 1.55 bits per heavy atom. The summed E-state index contributed by atoms with van der Waals surface area (Å²) in [6.07, 6.45) is 5.16. The number of amides is 1. The fourth-order valence-electron chi connectivity index (χ4n) is 3.15. The molecule has 1 N–H and O–H groups in total. The standard InChI is InChI=1S/C17H28N2O3/c1-5-6-7-14-10-13(19-22-14)8-12-9-15(17(12,2)3)18-16(20)11-21-4/h10,12,15H,5-9,11H2,1-4H3,(H,18,20)/t12-,15+/m1/s1. The SMILES string of the molecule is CCCCc1cc(C[C@@H]2C[C@H](NC(=O)COC)C2(C)C)no1. The van der Waals surface area contributed by atoms with Crippen molar-refractivity contribution < 1.29 is 14.1 Å². The zero-order chi connectivity index (χ0) is 16.2. The maximum absolute atomic E-state index is 11.6. The van der Waals surface area contributed by atoms with Gasteiger partial charge in [0.15, 0.2) is 0 Å². The molecule has 1 aromatic heterocycles. The fourth-order valence-corrected chi connectivity index (χ4v) is 3.15. The third-order valence-corrected chi connectivity index (χ3v) is 4.92. The lowest BCUT2D eigenvalue weighted by Gasteiger charge is -2.52. The van der Waals surface area contributed by atoms with Gasteiger partial charge in [-0.1, -0.05) is 32.3 Å². The Balaban J connectivity index is 1.84. The maximum Gasteiger partial charge on any atom is 0.246 e. The van der Waals surface area contributed by atoms with E-state index in [2.05, 4.69) is 37.3 Å². The van der Waals surface area contributed by atoms with E-state index in [9.17, 15) is 4.79 Å². The predicted molar refractivity (Wildman–Crippen MR) is 84.5 cm³/mol. The zero-order valence-electron chi connectivity index (χ0n) is 14.1. The van der Waals surface area contributed by atoms with Crippen LogP contribution in [0.15, 0.2) is 10.6 Å². The molecule has 5 nitrogen and oxygen atoms in total. The maximum atomic E-state index is 11.6. The van der Waals surface area contributed by atoms with Gasteiger partial charge in [0.2, 0.25) is 5.91 Å². The van der Waals surface area contributed by atoms with E-state index in [0.717, 1.165) is 43.6 Å². The van der Waals surface area contributed by atoms with Crippen molar-refractivity contribution >= 4 is 5.91 Å². The van der Waals surface area contributed by atoms with Crippen LogP contribution in [0, 0.1) is 11.3 Å². The largest absolute Gasteiger partial charge is 0.375 e. The average molecular weight is 308 g/mol. The number of hydrogen-bond donors (Lipinski definition) is 1. The minimum absolute atomic E-state index is 0.0395. The Hall–Kier alpha value is -1.36. The van der Waals surface area contributed by atoms with Crippen molar-refractivity contribution in [1.82, 2.24) is 10.5 Å². The van der Waals surface area contributed by atoms with Crippen LogP contribution >= 0.6 is 0 Å². The van der Waals surface area contributed by atoms with E-state index in [-0.39, 0.29) is 24.0 Å². The molecule has 1 aromatic rings. The van der Waals surface area contributed by atoms with E-state index < -0.39 is 0 Å². The molecule has 22 heavy (non-hydrogen) atoms. The van der Waals surface area contributed by atoms with Gasteiger partial charge in [0.25, 0.3) is 0 Å². The van der Waals surface area contributed by atoms with Gasteiger partial charge in [0.1, 0.15) is 12.4 Å². The molecular weight excluding hydrogens is 280 g/mol. The van der Waals surface area contributed by atoms with E-state index >= 15 is 0 Å². The lowest BCUT2D eigenvalue weighted by molar-refractivity contribution is -0.129. The van der Waals surface area contributed by atoms with Gasteiger partial charge >= 0.3 is 0 Å². The van der Waals surface area contributed by atoms with Gasteiger partial charge in [0.05, 0.1) is 5.69 Å². The summed E-state index contributed by atoms with van der Waals surface area (Å²) in [5.41, 5.74) is 1.11. The van der Waals surface area contributed by atoms with Crippen molar-refractivity contribution in [2.45, 2.75) is 58.9 Å². The molecular formula is C17H28N2O3. The van der Waals surface area contributed by atoms with Gasteiger partial charge in [-0.25, -0.2) is 0 Å². The number of aryl methyl sites for hydroxylation is 1.